The van der Waals surface area contributed by atoms with E-state index in [-0.39, 0.29) is 17.6 Å². The molecule has 1 unspecified atom stereocenters. The molecule has 1 atom stereocenters. The van der Waals surface area contributed by atoms with Crippen molar-refractivity contribution in [3.8, 4) is 0 Å². The van der Waals surface area contributed by atoms with Crippen molar-refractivity contribution < 1.29 is 9.53 Å². The number of benzene rings is 1. The third-order valence-electron chi connectivity index (χ3n) is 3.87. The van der Waals surface area contributed by atoms with Gasteiger partial charge in [0.05, 0.1) is 12.7 Å². The molecule has 2 N–H and O–H groups in total. The van der Waals surface area contributed by atoms with Crippen LogP contribution in [0, 0.1) is 0 Å². The average molecular weight is 262 g/mol. The van der Waals surface area contributed by atoms with E-state index in [2.05, 4.69) is 18.7 Å². The van der Waals surface area contributed by atoms with E-state index in [1.807, 2.05) is 12.1 Å². The molecule has 1 heterocycles. The summed E-state index contributed by atoms with van der Waals surface area (Å²) in [7, 11) is 1.39. The Hall–Kier alpha value is -1.55. The van der Waals surface area contributed by atoms with Gasteiger partial charge >= 0.3 is 5.97 Å². The zero-order chi connectivity index (χ0) is 14.0. The summed E-state index contributed by atoms with van der Waals surface area (Å²) in [6.07, 6.45) is 2.14. The Morgan fingerprint density at radius 3 is 2.58 bits per heavy atom. The lowest BCUT2D eigenvalue weighted by atomic mass is 9.88. The molecule has 2 rings (SSSR count). The Bertz CT molecular complexity index is 454. The number of carbonyl (C=O) groups excluding carboxylic acids is 1. The highest BCUT2D eigenvalue weighted by molar-refractivity contribution is 5.89. The van der Waals surface area contributed by atoms with E-state index >= 15 is 0 Å². The molecule has 0 bridgehead atoms. The first-order valence-corrected chi connectivity index (χ1v) is 6.65. The maximum Gasteiger partial charge on any atom is 0.337 e. The lowest BCUT2D eigenvalue weighted by Crippen LogP contribution is -2.54. The fourth-order valence-corrected chi connectivity index (χ4v) is 2.60. The van der Waals surface area contributed by atoms with Crippen LogP contribution in [0.15, 0.2) is 24.3 Å². The second-order valence-electron chi connectivity index (χ2n) is 5.76. The molecule has 0 aromatic heterocycles. The van der Waals surface area contributed by atoms with E-state index in [1.165, 1.54) is 7.11 Å². The second kappa shape index (κ2) is 5.21. The van der Waals surface area contributed by atoms with Crippen molar-refractivity contribution in [3.63, 3.8) is 0 Å². The third kappa shape index (κ3) is 2.89. The molecular formula is C15H22N2O2. The molecule has 1 aromatic carbocycles. The van der Waals surface area contributed by atoms with Crippen LogP contribution in [-0.4, -0.2) is 31.2 Å². The predicted molar refractivity (Wildman–Crippen MR) is 76.4 cm³/mol. The Morgan fingerprint density at radius 2 is 2.00 bits per heavy atom. The molecule has 1 aromatic rings. The van der Waals surface area contributed by atoms with Gasteiger partial charge in [0.25, 0.3) is 0 Å². The zero-order valence-electron chi connectivity index (χ0n) is 11.8. The average Bonchev–Trinajstić information content (AvgIpc) is 2.41. The third-order valence-corrected chi connectivity index (χ3v) is 3.87. The maximum atomic E-state index is 11.4. The summed E-state index contributed by atoms with van der Waals surface area (Å²) >= 11 is 0. The number of hydrogen-bond acceptors (Lipinski definition) is 4. The normalized spacial score (nSPS) is 22.1. The van der Waals surface area contributed by atoms with E-state index in [9.17, 15) is 4.79 Å². The van der Waals surface area contributed by atoms with Crippen molar-refractivity contribution in [2.45, 2.75) is 38.3 Å². The number of anilines is 1. The van der Waals surface area contributed by atoms with Gasteiger partial charge in [-0.3, -0.25) is 0 Å². The summed E-state index contributed by atoms with van der Waals surface area (Å²) in [6, 6.07) is 7.75. The molecule has 0 spiro atoms. The Kier molecular flexibility index (Phi) is 3.80. The number of ether oxygens (including phenoxy) is 1. The van der Waals surface area contributed by atoms with Gasteiger partial charge < -0.3 is 15.4 Å². The van der Waals surface area contributed by atoms with Crippen molar-refractivity contribution in [3.05, 3.63) is 29.8 Å². The van der Waals surface area contributed by atoms with Gasteiger partial charge in [0.1, 0.15) is 0 Å². The van der Waals surface area contributed by atoms with E-state index < -0.39 is 0 Å². The second-order valence-corrected chi connectivity index (χ2v) is 5.76. The molecule has 0 aliphatic carbocycles. The van der Waals surface area contributed by atoms with Gasteiger partial charge in [0.15, 0.2) is 0 Å². The lowest BCUT2D eigenvalue weighted by molar-refractivity contribution is 0.0601. The van der Waals surface area contributed by atoms with Crippen LogP contribution >= 0.6 is 0 Å². The van der Waals surface area contributed by atoms with E-state index in [4.69, 9.17) is 10.5 Å². The van der Waals surface area contributed by atoms with Crippen LogP contribution in [0.3, 0.4) is 0 Å². The maximum absolute atomic E-state index is 11.4. The van der Waals surface area contributed by atoms with Gasteiger partial charge in [-0.2, -0.15) is 0 Å². The number of carbonyl (C=O) groups is 1. The zero-order valence-corrected chi connectivity index (χ0v) is 11.8. The number of hydrogen-bond donors (Lipinski definition) is 1. The quantitative estimate of drug-likeness (QED) is 0.830. The van der Waals surface area contributed by atoms with Gasteiger partial charge in [-0.15, -0.1) is 0 Å². The summed E-state index contributed by atoms with van der Waals surface area (Å²) in [5.74, 6) is -0.304. The molecular weight excluding hydrogens is 240 g/mol. The van der Waals surface area contributed by atoms with Crippen molar-refractivity contribution in [1.29, 1.82) is 0 Å². The molecule has 0 saturated carbocycles. The Balaban J connectivity index is 2.23. The van der Waals surface area contributed by atoms with Gasteiger partial charge in [-0.05, 0) is 51.0 Å². The number of methoxy groups -OCH3 is 1. The van der Waals surface area contributed by atoms with E-state index in [1.54, 1.807) is 12.1 Å². The molecule has 4 heteroatoms. The highest BCUT2D eigenvalue weighted by Gasteiger charge is 2.32. The first-order chi connectivity index (χ1) is 8.94. The molecule has 0 amide bonds. The highest BCUT2D eigenvalue weighted by atomic mass is 16.5. The standard InChI is InChI=1S/C15H22N2O2/c1-15(2)9-8-12(16)10-17(15)13-6-4-11(5-7-13)14(18)19-3/h4-7,12H,8-10,16H2,1-3H3. The van der Waals surface area contributed by atoms with Crippen molar-refractivity contribution >= 4 is 11.7 Å². The van der Waals surface area contributed by atoms with Crippen LogP contribution in [0.5, 0.6) is 0 Å². The fraction of sp³-hybridized carbons (Fsp3) is 0.533. The SMILES string of the molecule is COC(=O)c1ccc(N2CC(N)CCC2(C)C)cc1. The molecule has 1 fully saturated rings. The summed E-state index contributed by atoms with van der Waals surface area (Å²) in [5, 5.41) is 0. The monoisotopic (exact) mass is 262 g/mol. The van der Waals surface area contributed by atoms with Crippen LogP contribution in [0.1, 0.15) is 37.0 Å². The number of esters is 1. The molecule has 1 aliphatic rings. The molecule has 0 radical (unpaired) electrons. The highest BCUT2D eigenvalue weighted by Crippen LogP contribution is 2.32. The van der Waals surface area contributed by atoms with Crippen LogP contribution in [0.25, 0.3) is 0 Å². The number of nitrogens with two attached hydrogens (primary N) is 1. The van der Waals surface area contributed by atoms with Gasteiger partial charge in [-0.25, -0.2) is 4.79 Å². The number of piperidine rings is 1. The lowest BCUT2D eigenvalue weighted by Gasteiger charge is -2.46. The first-order valence-electron chi connectivity index (χ1n) is 6.65. The predicted octanol–water partition coefficient (Wildman–Crippen LogP) is 2.18. The minimum absolute atomic E-state index is 0.0999. The summed E-state index contributed by atoms with van der Waals surface area (Å²) < 4.78 is 4.71. The Morgan fingerprint density at radius 1 is 1.37 bits per heavy atom. The van der Waals surface area contributed by atoms with Crippen molar-refractivity contribution in [2.24, 2.45) is 5.73 Å². The van der Waals surface area contributed by atoms with Gasteiger partial charge in [0, 0.05) is 23.8 Å². The van der Waals surface area contributed by atoms with E-state index in [0.29, 0.717) is 5.56 Å². The summed E-state index contributed by atoms with van der Waals surface area (Å²) in [6.45, 7) is 5.31. The number of rotatable bonds is 2. The molecule has 4 nitrogen and oxygen atoms in total. The first kappa shape index (κ1) is 13.9. The van der Waals surface area contributed by atoms with Crippen LogP contribution in [0.2, 0.25) is 0 Å². The molecule has 104 valence electrons. The molecule has 1 saturated heterocycles. The van der Waals surface area contributed by atoms with Crippen molar-refractivity contribution in [2.75, 3.05) is 18.6 Å². The smallest absolute Gasteiger partial charge is 0.337 e. The molecule has 19 heavy (non-hydrogen) atoms. The Labute approximate surface area is 114 Å². The topological polar surface area (TPSA) is 55.6 Å². The minimum atomic E-state index is -0.304. The van der Waals surface area contributed by atoms with Crippen LogP contribution in [-0.2, 0) is 4.74 Å². The summed E-state index contributed by atoms with van der Waals surface area (Å²) in [5.41, 5.74) is 7.85. The largest absolute Gasteiger partial charge is 0.465 e. The molecule has 1 aliphatic heterocycles. The van der Waals surface area contributed by atoms with Crippen LogP contribution < -0.4 is 10.6 Å². The minimum Gasteiger partial charge on any atom is -0.465 e. The van der Waals surface area contributed by atoms with Gasteiger partial charge in [-0.1, -0.05) is 0 Å². The number of nitrogens with zero attached hydrogens (tertiary/aromatic N) is 1. The van der Waals surface area contributed by atoms with Gasteiger partial charge in [0.2, 0.25) is 0 Å². The van der Waals surface area contributed by atoms with Crippen molar-refractivity contribution in [1.82, 2.24) is 0 Å². The van der Waals surface area contributed by atoms with Crippen LogP contribution in [0.4, 0.5) is 5.69 Å². The summed E-state index contributed by atoms with van der Waals surface area (Å²) in [4.78, 5) is 13.7. The fourth-order valence-electron chi connectivity index (χ4n) is 2.60. The van der Waals surface area contributed by atoms with E-state index in [0.717, 1.165) is 25.1 Å².